The van der Waals surface area contributed by atoms with Crippen molar-refractivity contribution >= 4 is 29.0 Å². The number of hydrogen-bond acceptors (Lipinski definition) is 4. The zero-order chi connectivity index (χ0) is 10.8. The van der Waals surface area contributed by atoms with E-state index in [1.807, 2.05) is 7.05 Å². The molecular formula is C9H18N2OS2. The second-order valence-electron chi connectivity index (χ2n) is 4.05. The molecule has 1 rings (SSSR count). The zero-order valence-electron chi connectivity index (χ0n) is 8.91. The van der Waals surface area contributed by atoms with E-state index in [2.05, 4.69) is 24.1 Å². The minimum atomic E-state index is 0.0615. The predicted molar refractivity (Wildman–Crippen MR) is 65.8 cm³/mol. The Hall–Kier alpha value is 0.160. The summed E-state index contributed by atoms with van der Waals surface area (Å²) in [6.45, 7) is 5.20. The van der Waals surface area contributed by atoms with Gasteiger partial charge in [0.2, 0.25) is 0 Å². The highest BCUT2D eigenvalue weighted by Gasteiger charge is 2.40. The van der Waals surface area contributed by atoms with E-state index >= 15 is 0 Å². The van der Waals surface area contributed by atoms with Crippen LogP contribution in [0.15, 0.2) is 0 Å². The number of thioether (sulfide) groups is 1. The van der Waals surface area contributed by atoms with Crippen molar-refractivity contribution in [3.63, 3.8) is 0 Å². The molecule has 14 heavy (non-hydrogen) atoms. The van der Waals surface area contributed by atoms with Gasteiger partial charge in [0.05, 0.1) is 17.0 Å². The van der Waals surface area contributed by atoms with Gasteiger partial charge in [0, 0.05) is 17.8 Å². The summed E-state index contributed by atoms with van der Waals surface area (Å²) in [6, 6.07) is 0. The molecule has 1 aliphatic rings. The third-order valence-electron chi connectivity index (χ3n) is 2.32. The summed E-state index contributed by atoms with van der Waals surface area (Å²) in [4.78, 5) is 3.05. The number of aliphatic hydroxyl groups excluding tert-OH is 1. The number of thiocarbonyl (C=S) groups is 1. The smallest absolute Gasteiger partial charge is 0.0992 e. The molecule has 1 aliphatic heterocycles. The van der Waals surface area contributed by atoms with Gasteiger partial charge in [0.15, 0.2) is 0 Å². The van der Waals surface area contributed by atoms with Crippen LogP contribution in [0.25, 0.3) is 0 Å². The van der Waals surface area contributed by atoms with E-state index in [-0.39, 0.29) is 17.5 Å². The average molecular weight is 234 g/mol. The summed E-state index contributed by atoms with van der Waals surface area (Å²) in [5.74, 6) is 1.02. The second-order valence-corrected chi connectivity index (χ2v) is 5.69. The van der Waals surface area contributed by atoms with Gasteiger partial charge in [-0.3, -0.25) is 0 Å². The Bertz CT molecular complexity index is 221. The fraction of sp³-hybridized carbons (Fsp3) is 0.889. The molecule has 3 nitrogen and oxygen atoms in total. The first-order chi connectivity index (χ1) is 6.53. The first-order valence-electron chi connectivity index (χ1n) is 4.72. The molecule has 0 amide bonds. The predicted octanol–water partition coefficient (Wildman–Crippen LogP) is 0.679. The number of aliphatic hydroxyl groups is 1. The number of nitrogens with one attached hydrogen (secondary N) is 1. The molecule has 1 saturated heterocycles. The molecule has 1 unspecified atom stereocenters. The first-order valence-corrected chi connectivity index (χ1v) is 6.18. The van der Waals surface area contributed by atoms with E-state index in [9.17, 15) is 5.11 Å². The molecule has 1 heterocycles. The monoisotopic (exact) mass is 234 g/mol. The van der Waals surface area contributed by atoms with Crippen LogP contribution in [0.4, 0.5) is 0 Å². The van der Waals surface area contributed by atoms with Crippen molar-refractivity contribution in [1.82, 2.24) is 10.2 Å². The van der Waals surface area contributed by atoms with Crippen molar-refractivity contribution in [1.29, 1.82) is 0 Å². The summed E-state index contributed by atoms with van der Waals surface area (Å²) in [7, 11) is 1.89. The molecule has 0 saturated carbocycles. The Morgan fingerprint density at radius 1 is 1.71 bits per heavy atom. The van der Waals surface area contributed by atoms with Crippen LogP contribution in [0, 0.1) is 0 Å². The number of nitrogens with zero attached hydrogens (tertiary/aromatic N) is 1. The summed E-state index contributed by atoms with van der Waals surface area (Å²) < 4.78 is 0. The molecule has 0 aromatic carbocycles. The Morgan fingerprint density at radius 2 is 2.36 bits per heavy atom. The summed E-state index contributed by atoms with van der Waals surface area (Å²) in [5.41, 5.74) is 0.0615. The third kappa shape index (κ3) is 2.39. The topological polar surface area (TPSA) is 35.5 Å². The lowest BCUT2D eigenvalue weighted by Crippen LogP contribution is -2.50. The van der Waals surface area contributed by atoms with E-state index in [0.29, 0.717) is 6.54 Å². The Kier molecular flexibility index (Phi) is 4.18. The van der Waals surface area contributed by atoms with E-state index in [1.165, 1.54) is 0 Å². The number of rotatable bonds is 3. The van der Waals surface area contributed by atoms with Gasteiger partial charge in [-0.1, -0.05) is 12.2 Å². The van der Waals surface area contributed by atoms with Gasteiger partial charge in [-0.2, -0.15) is 0 Å². The fourth-order valence-corrected chi connectivity index (χ4v) is 3.69. The van der Waals surface area contributed by atoms with Crippen molar-refractivity contribution in [3.05, 3.63) is 0 Å². The molecule has 1 atom stereocenters. The van der Waals surface area contributed by atoms with Crippen LogP contribution in [-0.2, 0) is 0 Å². The van der Waals surface area contributed by atoms with Crippen LogP contribution in [0.5, 0.6) is 0 Å². The normalized spacial score (nSPS) is 25.4. The lowest BCUT2D eigenvalue weighted by molar-refractivity contribution is 0.181. The standard InChI is InChI=1S/C9H18N2OS2/c1-9(2)6-14-8(5-12)11(9)7(13)4-10-3/h8,10,12H,4-6H2,1-3H3. The van der Waals surface area contributed by atoms with Gasteiger partial charge in [-0.25, -0.2) is 0 Å². The fourth-order valence-electron chi connectivity index (χ4n) is 1.70. The molecule has 5 heteroatoms. The first kappa shape index (κ1) is 12.2. The molecule has 0 spiro atoms. The van der Waals surface area contributed by atoms with Gasteiger partial charge in [0.1, 0.15) is 0 Å². The van der Waals surface area contributed by atoms with Gasteiger partial charge in [-0.05, 0) is 20.9 Å². The molecule has 0 aliphatic carbocycles. The maximum absolute atomic E-state index is 9.24. The maximum Gasteiger partial charge on any atom is 0.0992 e. The maximum atomic E-state index is 9.24. The van der Waals surface area contributed by atoms with Gasteiger partial charge >= 0.3 is 0 Å². The SMILES string of the molecule is CNCC(=S)N1C(CO)SCC1(C)C. The van der Waals surface area contributed by atoms with Gasteiger partial charge in [-0.15, -0.1) is 11.8 Å². The third-order valence-corrected chi connectivity index (χ3v) is 4.28. The largest absolute Gasteiger partial charge is 0.393 e. The highest BCUT2D eigenvalue weighted by atomic mass is 32.2. The molecule has 0 aromatic rings. The van der Waals surface area contributed by atoms with Gasteiger partial charge in [0.25, 0.3) is 0 Å². The minimum Gasteiger partial charge on any atom is -0.393 e. The zero-order valence-corrected chi connectivity index (χ0v) is 10.5. The molecule has 0 radical (unpaired) electrons. The average Bonchev–Trinajstić information content (AvgIpc) is 2.41. The Labute approximate surface area is 95.2 Å². The van der Waals surface area contributed by atoms with Crippen molar-refractivity contribution < 1.29 is 5.11 Å². The van der Waals surface area contributed by atoms with Gasteiger partial charge < -0.3 is 15.3 Å². The number of likely N-dealkylation sites (N-methyl/N-ethyl adjacent to an activating group) is 1. The Balaban J connectivity index is 2.74. The van der Waals surface area contributed by atoms with Crippen LogP contribution in [-0.4, -0.2) is 51.9 Å². The highest BCUT2D eigenvalue weighted by molar-refractivity contribution is 8.00. The number of hydrogen-bond donors (Lipinski definition) is 2. The van der Waals surface area contributed by atoms with Crippen molar-refractivity contribution in [2.75, 3.05) is 26.0 Å². The lowest BCUT2D eigenvalue weighted by Gasteiger charge is -2.36. The minimum absolute atomic E-state index is 0.0615. The second kappa shape index (κ2) is 4.79. The summed E-state index contributed by atoms with van der Waals surface area (Å²) in [6.07, 6.45) is 0. The van der Waals surface area contributed by atoms with Crippen LogP contribution >= 0.6 is 24.0 Å². The molecule has 0 bridgehead atoms. The van der Waals surface area contributed by atoms with Crippen LogP contribution in [0.2, 0.25) is 0 Å². The lowest BCUT2D eigenvalue weighted by atomic mass is 10.1. The quantitative estimate of drug-likeness (QED) is 0.702. The summed E-state index contributed by atoms with van der Waals surface area (Å²) in [5, 5.41) is 12.4. The van der Waals surface area contributed by atoms with E-state index in [0.717, 1.165) is 10.7 Å². The summed E-state index contributed by atoms with van der Waals surface area (Å²) >= 11 is 7.12. The van der Waals surface area contributed by atoms with E-state index in [4.69, 9.17) is 12.2 Å². The van der Waals surface area contributed by atoms with Crippen molar-refractivity contribution in [3.8, 4) is 0 Å². The molecule has 1 fully saturated rings. The molecule has 0 aromatic heterocycles. The van der Waals surface area contributed by atoms with Crippen LogP contribution < -0.4 is 5.32 Å². The van der Waals surface area contributed by atoms with Crippen molar-refractivity contribution in [2.45, 2.75) is 24.8 Å². The van der Waals surface area contributed by atoms with Crippen LogP contribution in [0.1, 0.15) is 13.8 Å². The van der Waals surface area contributed by atoms with E-state index < -0.39 is 0 Å². The molecule has 82 valence electrons. The molecular weight excluding hydrogens is 216 g/mol. The Morgan fingerprint density at radius 3 is 2.86 bits per heavy atom. The van der Waals surface area contributed by atoms with Crippen molar-refractivity contribution in [2.24, 2.45) is 0 Å². The molecule has 2 N–H and O–H groups in total. The van der Waals surface area contributed by atoms with Crippen LogP contribution in [0.3, 0.4) is 0 Å². The highest BCUT2D eigenvalue weighted by Crippen LogP contribution is 2.36. The van der Waals surface area contributed by atoms with E-state index in [1.54, 1.807) is 11.8 Å².